The number of nitrogens with zero attached hydrogens (tertiary/aromatic N) is 4. The van der Waals surface area contributed by atoms with Crippen molar-refractivity contribution in [2.45, 2.75) is 6.54 Å². The number of amides is 1. The molecule has 3 aromatic rings. The lowest BCUT2D eigenvalue weighted by Gasteiger charge is -2.10. The maximum Gasteiger partial charge on any atom is 0.257 e. The van der Waals surface area contributed by atoms with Crippen molar-refractivity contribution >= 4 is 5.91 Å². The molecular formula is C17H17N5O2. The van der Waals surface area contributed by atoms with Crippen LogP contribution in [0.1, 0.15) is 15.9 Å². The smallest absolute Gasteiger partial charge is 0.257 e. The number of hydrogen-bond acceptors (Lipinski definition) is 5. The van der Waals surface area contributed by atoms with E-state index in [9.17, 15) is 4.79 Å². The molecule has 24 heavy (non-hydrogen) atoms. The fraction of sp³-hybridized carbons (Fsp3) is 0.176. The van der Waals surface area contributed by atoms with Crippen LogP contribution in [-0.2, 0) is 13.6 Å². The first-order chi connectivity index (χ1) is 11.7. The number of aromatic nitrogens is 4. The minimum absolute atomic E-state index is 0.249. The molecule has 0 radical (unpaired) electrons. The minimum Gasteiger partial charge on any atom is -0.480 e. The summed E-state index contributed by atoms with van der Waals surface area (Å²) in [5.74, 6) is 0.0506. The quantitative estimate of drug-likeness (QED) is 0.774. The molecule has 0 atom stereocenters. The van der Waals surface area contributed by atoms with E-state index in [1.807, 2.05) is 25.4 Å². The molecule has 0 aliphatic rings. The summed E-state index contributed by atoms with van der Waals surface area (Å²) in [4.78, 5) is 20.8. The van der Waals surface area contributed by atoms with Crippen LogP contribution in [0, 0.1) is 0 Å². The zero-order valence-electron chi connectivity index (χ0n) is 13.4. The van der Waals surface area contributed by atoms with Crippen molar-refractivity contribution in [3.05, 3.63) is 60.2 Å². The van der Waals surface area contributed by atoms with Gasteiger partial charge in [-0.3, -0.25) is 14.5 Å². The number of methoxy groups -OCH3 is 1. The molecule has 122 valence electrons. The molecule has 0 aromatic carbocycles. The number of carbonyl (C=O) groups is 1. The summed E-state index contributed by atoms with van der Waals surface area (Å²) >= 11 is 0. The van der Waals surface area contributed by atoms with Gasteiger partial charge in [0.05, 0.1) is 19.0 Å². The SMILES string of the molecule is COc1ncccc1C(=O)NCc1cccnc1-c1cnn(C)c1. The fourth-order valence-corrected chi connectivity index (χ4v) is 2.38. The van der Waals surface area contributed by atoms with Crippen molar-refractivity contribution in [3.63, 3.8) is 0 Å². The van der Waals surface area contributed by atoms with Gasteiger partial charge in [-0.15, -0.1) is 0 Å². The van der Waals surface area contributed by atoms with Gasteiger partial charge in [0.1, 0.15) is 5.56 Å². The van der Waals surface area contributed by atoms with Crippen LogP contribution < -0.4 is 10.1 Å². The summed E-state index contributed by atoms with van der Waals surface area (Å²) in [7, 11) is 3.34. The lowest BCUT2D eigenvalue weighted by molar-refractivity contribution is 0.0947. The number of nitrogens with one attached hydrogen (secondary N) is 1. The second-order valence-electron chi connectivity index (χ2n) is 5.16. The highest BCUT2D eigenvalue weighted by molar-refractivity contribution is 5.96. The van der Waals surface area contributed by atoms with Gasteiger partial charge >= 0.3 is 0 Å². The first-order valence-electron chi connectivity index (χ1n) is 7.39. The fourth-order valence-electron chi connectivity index (χ4n) is 2.38. The molecule has 0 unspecified atom stereocenters. The average Bonchev–Trinajstić information content (AvgIpc) is 3.06. The summed E-state index contributed by atoms with van der Waals surface area (Å²) in [6, 6.07) is 7.14. The monoisotopic (exact) mass is 323 g/mol. The molecule has 7 nitrogen and oxygen atoms in total. The van der Waals surface area contributed by atoms with Gasteiger partial charge in [0.15, 0.2) is 0 Å². The molecule has 0 fully saturated rings. The Hall–Kier alpha value is -3.22. The molecule has 0 saturated carbocycles. The van der Waals surface area contributed by atoms with E-state index in [-0.39, 0.29) is 5.91 Å². The lowest BCUT2D eigenvalue weighted by atomic mass is 10.1. The van der Waals surface area contributed by atoms with Crippen LogP contribution >= 0.6 is 0 Å². The number of carbonyl (C=O) groups excluding carboxylic acids is 1. The predicted octanol–water partition coefficient (Wildman–Crippen LogP) is 1.82. The first kappa shape index (κ1) is 15.7. The number of ether oxygens (including phenoxy) is 1. The second kappa shape index (κ2) is 6.91. The highest BCUT2D eigenvalue weighted by Crippen LogP contribution is 2.20. The third-order valence-corrected chi connectivity index (χ3v) is 3.52. The molecule has 0 saturated heterocycles. The first-order valence-corrected chi connectivity index (χ1v) is 7.39. The Labute approximate surface area is 139 Å². The van der Waals surface area contributed by atoms with Gasteiger partial charge in [0.25, 0.3) is 5.91 Å². The van der Waals surface area contributed by atoms with E-state index in [0.29, 0.717) is 18.0 Å². The van der Waals surface area contributed by atoms with Crippen LogP contribution in [0.25, 0.3) is 11.3 Å². The van der Waals surface area contributed by atoms with E-state index in [1.54, 1.807) is 35.4 Å². The van der Waals surface area contributed by atoms with Gasteiger partial charge in [-0.1, -0.05) is 6.07 Å². The zero-order chi connectivity index (χ0) is 16.9. The van der Waals surface area contributed by atoms with Crippen LogP contribution in [0.15, 0.2) is 49.1 Å². The summed E-state index contributed by atoms with van der Waals surface area (Å²) in [6.45, 7) is 0.342. The molecule has 0 bridgehead atoms. The number of hydrogen-bond donors (Lipinski definition) is 1. The van der Waals surface area contributed by atoms with Crippen molar-refractivity contribution in [1.29, 1.82) is 0 Å². The summed E-state index contributed by atoms with van der Waals surface area (Å²) < 4.78 is 6.83. The molecule has 7 heteroatoms. The molecule has 0 aliphatic carbocycles. The molecule has 1 amide bonds. The normalized spacial score (nSPS) is 10.4. The van der Waals surface area contributed by atoms with E-state index < -0.39 is 0 Å². The van der Waals surface area contributed by atoms with Gasteiger partial charge in [-0.25, -0.2) is 4.98 Å². The van der Waals surface area contributed by atoms with Crippen molar-refractivity contribution in [2.75, 3.05) is 7.11 Å². The van der Waals surface area contributed by atoms with Crippen molar-refractivity contribution in [1.82, 2.24) is 25.1 Å². The number of pyridine rings is 2. The summed E-state index contributed by atoms with van der Waals surface area (Å²) in [6.07, 6.45) is 6.94. The van der Waals surface area contributed by atoms with Gasteiger partial charge in [0.2, 0.25) is 5.88 Å². The van der Waals surface area contributed by atoms with Crippen LogP contribution in [0.3, 0.4) is 0 Å². The molecular weight excluding hydrogens is 306 g/mol. The van der Waals surface area contributed by atoms with Crippen LogP contribution in [0.4, 0.5) is 0 Å². The highest BCUT2D eigenvalue weighted by Gasteiger charge is 2.14. The lowest BCUT2D eigenvalue weighted by Crippen LogP contribution is -2.24. The predicted molar refractivity (Wildman–Crippen MR) is 88.4 cm³/mol. The third kappa shape index (κ3) is 3.24. The van der Waals surface area contributed by atoms with E-state index in [2.05, 4.69) is 20.4 Å². The van der Waals surface area contributed by atoms with Gasteiger partial charge in [-0.05, 0) is 23.8 Å². The van der Waals surface area contributed by atoms with E-state index >= 15 is 0 Å². The summed E-state index contributed by atoms with van der Waals surface area (Å²) in [5, 5.41) is 7.04. The molecule has 3 rings (SSSR count). The maximum atomic E-state index is 12.4. The molecule has 3 aromatic heterocycles. The maximum absolute atomic E-state index is 12.4. The van der Waals surface area contributed by atoms with Gasteiger partial charge in [-0.2, -0.15) is 5.10 Å². The van der Waals surface area contributed by atoms with Gasteiger partial charge in [0, 0.05) is 37.7 Å². The largest absolute Gasteiger partial charge is 0.480 e. The van der Waals surface area contributed by atoms with Gasteiger partial charge < -0.3 is 10.1 Å². The van der Waals surface area contributed by atoms with Crippen molar-refractivity contribution in [3.8, 4) is 17.1 Å². The Morgan fingerprint density at radius 1 is 1.25 bits per heavy atom. The van der Waals surface area contributed by atoms with Crippen molar-refractivity contribution < 1.29 is 9.53 Å². The highest BCUT2D eigenvalue weighted by atomic mass is 16.5. The Kier molecular flexibility index (Phi) is 4.51. The standard InChI is InChI=1S/C17H17N5O2/c1-22-11-13(10-21-22)15-12(5-3-7-18-15)9-20-16(23)14-6-4-8-19-17(14)24-2/h3-8,10-11H,9H2,1-2H3,(H,20,23). The number of aryl methyl sites for hydroxylation is 1. The summed E-state index contributed by atoms with van der Waals surface area (Å²) in [5.41, 5.74) is 3.00. The molecule has 0 aliphatic heterocycles. The van der Waals surface area contributed by atoms with Crippen LogP contribution in [0.2, 0.25) is 0 Å². The minimum atomic E-state index is -0.249. The number of rotatable bonds is 5. The Morgan fingerprint density at radius 3 is 2.79 bits per heavy atom. The van der Waals surface area contributed by atoms with Crippen LogP contribution in [-0.4, -0.2) is 32.8 Å². The van der Waals surface area contributed by atoms with E-state index in [1.165, 1.54) is 7.11 Å². The Morgan fingerprint density at radius 2 is 2.04 bits per heavy atom. The van der Waals surface area contributed by atoms with Crippen LogP contribution in [0.5, 0.6) is 5.88 Å². The molecule has 1 N–H and O–H groups in total. The average molecular weight is 323 g/mol. The van der Waals surface area contributed by atoms with E-state index in [4.69, 9.17) is 4.74 Å². The topological polar surface area (TPSA) is 81.9 Å². The van der Waals surface area contributed by atoms with Crippen molar-refractivity contribution in [2.24, 2.45) is 7.05 Å². The Bertz CT molecular complexity index is 859. The molecule has 3 heterocycles. The zero-order valence-corrected chi connectivity index (χ0v) is 13.4. The second-order valence-corrected chi connectivity index (χ2v) is 5.16. The Balaban J connectivity index is 1.79. The third-order valence-electron chi connectivity index (χ3n) is 3.52. The molecule has 0 spiro atoms. The van der Waals surface area contributed by atoms with E-state index in [0.717, 1.165) is 16.8 Å².